The van der Waals surface area contributed by atoms with Gasteiger partial charge in [0.2, 0.25) is 5.91 Å². The van der Waals surface area contributed by atoms with Crippen molar-refractivity contribution in [3.05, 3.63) is 29.8 Å². The highest BCUT2D eigenvalue weighted by molar-refractivity contribution is 6.11. The van der Waals surface area contributed by atoms with Crippen LogP contribution in [0, 0.1) is 0 Å². The number of rotatable bonds is 1. The average Bonchev–Trinajstić information content (AvgIpc) is 3.11. The average molecular weight is 348 g/mol. The number of carbonyl (C=O) groups is 2. The predicted octanol–water partition coefficient (Wildman–Crippen LogP) is -1.27. The van der Waals surface area contributed by atoms with Crippen LogP contribution < -0.4 is 4.90 Å². The zero-order valence-electron chi connectivity index (χ0n) is 13.7. The number of fused-ring (bicyclic) bond motifs is 2. The molecule has 4 rings (SSSR count). The first-order valence-electron chi connectivity index (χ1n) is 8.22. The molecule has 1 aromatic rings. The van der Waals surface area contributed by atoms with E-state index in [0.29, 0.717) is 11.3 Å². The van der Waals surface area contributed by atoms with E-state index in [1.54, 1.807) is 31.3 Å². The second-order valence-electron chi connectivity index (χ2n) is 6.91. The van der Waals surface area contributed by atoms with Crippen molar-refractivity contribution >= 4 is 17.5 Å². The van der Waals surface area contributed by atoms with E-state index in [1.807, 2.05) is 0 Å². The van der Waals surface area contributed by atoms with Gasteiger partial charge in [-0.15, -0.1) is 0 Å². The summed E-state index contributed by atoms with van der Waals surface area (Å²) >= 11 is 0. The molecule has 3 aliphatic heterocycles. The first-order chi connectivity index (χ1) is 11.9. The second kappa shape index (κ2) is 5.50. The summed E-state index contributed by atoms with van der Waals surface area (Å²) in [5, 5.41) is 29.9. The fourth-order valence-corrected chi connectivity index (χ4v) is 4.18. The lowest BCUT2D eigenvalue weighted by Crippen LogP contribution is -2.46. The van der Waals surface area contributed by atoms with Gasteiger partial charge in [-0.3, -0.25) is 9.59 Å². The van der Waals surface area contributed by atoms with Gasteiger partial charge in [-0.25, -0.2) is 0 Å². The van der Waals surface area contributed by atoms with Crippen LogP contribution in [0.5, 0.6) is 0 Å². The van der Waals surface area contributed by atoms with E-state index < -0.39 is 36.6 Å². The fraction of sp³-hybridized carbons (Fsp3) is 0.529. The maximum Gasteiger partial charge on any atom is 0.256 e. The molecule has 0 aromatic heterocycles. The first-order valence-corrected chi connectivity index (χ1v) is 8.22. The standard InChI is InChI=1S/C17H20N2O6/c1-18-10-5-3-2-4-9(10)15(23)19-8-17(6-11(19)16(18)24)14(22)13(21)12(7-20)25-17/h2-5,11-14,20-22H,6-8H2,1H3/t11-,12-,13-,14+,17+/m0/s1. The Morgan fingerprint density at radius 1 is 1.28 bits per heavy atom. The largest absolute Gasteiger partial charge is 0.394 e. The molecule has 0 unspecified atom stereocenters. The predicted molar refractivity (Wildman–Crippen MR) is 86.0 cm³/mol. The molecule has 8 nitrogen and oxygen atoms in total. The molecule has 25 heavy (non-hydrogen) atoms. The molecule has 1 aromatic carbocycles. The minimum absolute atomic E-state index is 0.0147. The lowest BCUT2D eigenvalue weighted by molar-refractivity contribution is -0.122. The van der Waals surface area contributed by atoms with Gasteiger partial charge in [0.15, 0.2) is 0 Å². The number of hydrogen-bond acceptors (Lipinski definition) is 6. The van der Waals surface area contributed by atoms with Gasteiger partial charge in [0.05, 0.1) is 24.4 Å². The highest BCUT2D eigenvalue weighted by Crippen LogP contribution is 2.44. The zero-order chi connectivity index (χ0) is 17.9. The molecule has 1 spiro atoms. The number of ether oxygens (including phenoxy) is 1. The Morgan fingerprint density at radius 3 is 2.68 bits per heavy atom. The van der Waals surface area contributed by atoms with Crippen molar-refractivity contribution in [2.45, 2.75) is 36.4 Å². The van der Waals surface area contributed by atoms with Gasteiger partial charge in [-0.1, -0.05) is 12.1 Å². The minimum atomic E-state index is -1.28. The molecule has 5 atom stereocenters. The second-order valence-corrected chi connectivity index (χ2v) is 6.91. The number of aliphatic hydroxyl groups excluding tert-OH is 3. The summed E-state index contributed by atoms with van der Waals surface area (Å²) in [5.41, 5.74) is -0.303. The highest BCUT2D eigenvalue weighted by Gasteiger charge is 2.62. The topological polar surface area (TPSA) is 111 Å². The SMILES string of the molecule is CN1C(=O)[C@@H]2C[C@]3(CN2C(=O)c2ccccc21)O[C@@H](CO)[C@H](O)[C@H]3O. The highest BCUT2D eigenvalue weighted by atomic mass is 16.6. The summed E-state index contributed by atoms with van der Waals surface area (Å²) in [6.45, 7) is -0.464. The summed E-state index contributed by atoms with van der Waals surface area (Å²) in [4.78, 5) is 28.7. The third-order valence-electron chi connectivity index (χ3n) is 5.53. The van der Waals surface area contributed by atoms with Crippen LogP contribution in [0.1, 0.15) is 16.8 Å². The molecule has 0 bridgehead atoms. The van der Waals surface area contributed by atoms with Crippen LogP contribution >= 0.6 is 0 Å². The Kier molecular flexibility index (Phi) is 3.62. The van der Waals surface area contributed by atoms with Crippen molar-refractivity contribution in [3.8, 4) is 0 Å². The van der Waals surface area contributed by atoms with Crippen LogP contribution in [0.25, 0.3) is 0 Å². The van der Waals surface area contributed by atoms with Gasteiger partial charge in [-0.2, -0.15) is 0 Å². The Hall–Kier alpha value is -2.00. The summed E-state index contributed by atoms with van der Waals surface area (Å²) in [5.74, 6) is -0.583. The summed E-state index contributed by atoms with van der Waals surface area (Å²) in [6, 6.07) is 6.08. The monoisotopic (exact) mass is 348 g/mol. The normalized spacial score (nSPS) is 37.4. The maximum atomic E-state index is 13.0. The van der Waals surface area contributed by atoms with E-state index >= 15 is 0 Å². The molecule has 3 aliphatic rings. The van der Waals surface area contributed by atoms with E-state index in [4.69, 9.17) is 4.74 Å². The number of hydrogen-bond donors (Lipinski definition) is 3. The number of para-hydroxylation sites is 1. The van der Waals surface area contributed by atoms with E-state index in [9.17, 15) is 24.9 Å². The maximum absolute atomic E-state index is 13.0. The van der Waals surface area contributed by atoms with E-state index in [-0.39, 0.29) is 24.8 Å². The van der Waals surface area contributed by atoms with E-state index in [1.165, 1.54) is 9.80 Å². The van der Waals surface area contributed by atoms with Crippen molar-refractivity contribution in [3.63, 3.8) is 0 Å². The van der Waals surface area contributed by atoms with Crippen molar-refractivity contribution < 1.29 is 29.6 Å². The summed E-state index contributed by atoms with van der Waals surface area (Å²) < 4.78 is 5.72. The number of anilines is 1. The van der Waals surface area contributed by atoms with Gasteiger partial charge in [0, 0.05) is 13.5 Å². The molecule has 134 valence electrons. The van der Waals surface area contributed by atoms with E-state index in [2.05, 4.69) is 0 Å². The zero-order valence-corrected chi connectivity index (χ0v) is 13.7. The number of nitrogens with zero attached hydrogens (tertiary/aromatic N) is 2. The van der Waals surface area contributed by atoms with Crippen molar-refractivity contribution in [2.24, 2.45) is 0 Å². The number of likely N-dealkylation sites (N-methyl/N-ethyl adjacent to an activating group) is 1. The Bertz CT molecular complexity index is 740. The Labute approximate surface area is 144 Å². The van der Waals surface area contributed by atoms with Crippen LogP contribution in [0.3, 0.4) is 0 Å². The molecule has 2 amide bonds. The molecular weight excluding hydrogens is 328 g/mol. The quantitative estimate of drug-likeness (QED) is 0.584. The molecular formula is C17H20N2O6. The first kappa shape index (κ1) is 16.5. The van der Waals surface area contributed by atoms with Gasteiger partial charge in [0.1, 0.15) is 30.0 Å². The molecule has 8 heteroatoms. The molecule has 3 heterocycles. The number of aliphatic hydroxyl groups is 3. The van der Waals surface area contributed by atoms with Gasteiger partial charge < -0.3 is 29.9 Å². The van der Waals surface area contributed by atoms with Gasteiger partial charge in [-0.05, 0) is 12.1 Å². The van der Waals surface area contributed by atoms with E-state index in [0.717, 1.165) is 0 Å². The molecule has 2 saturated heterocycles. The number of carbonyl (C=O) groups excluding carboxylic acids is 2. The third-order valence-corrected chi connectivity index (χ3v) is 5.53. The third kappa shape index (κ3) is 2.15. The van der Waals surface area contributed by atoms with Crippen LogP contribution in [0.4, 0.5) is 5.69 Å². The summed E-state index contributed by atoms with van der Waals surface area (Å²) in [7, 11) is 1.61. The minimum Gasteiger partial charge on any atom is -0.394 e. The lowest BCUT2D eigenvalue weighted by atomic mass is 9.91. The molecule has 2 fully saturated rings. The Balaban J connectivity index is 1.74. The molecule has 0 saturated carbocycles. The van der Waals surface area contributed by atoms with Crippen molar-refractivity contribution in [1.29, 1.82) is 0 Å². The lowest BCUT2D eigenvalue weighted by Gasteiger charge is -2.27. The van der Waals surface area contributed by atoms with Gasteiger partial charge in [0.25, 0.3) is 5.91 Å². The smallest absolute Gasteiger partial charge is 0.256 e. The van der Waals surface area contributed by atoms with Gasteiger partial charge >= 0.3 is 0 Å². The van der Waals surface area contributed by atoms with Crippen LogP contribution in [0.15, 0.2) is 24.3 Å². The number of amides is 2. The molecule has 3 N–H and O–H groups in total. The van der Waals surface area contributed by atoms with Crippen LogP contribution in [-0.2, 0) is 9.53 Å². The summed E-state index contributed by atoms with van der Waals surface area (Å²) in [6.07, 6.45) is -3.40. The van der Waals surface area contributed by atoms with Crippen molar-refractivity contribution in [2.75, 3.05) is 25.1 Å². The molecule has 0 aliphatic carbocycles. The van der Waals surface area contributed by atoms with Crippen LogP contribution in [0.2, 0.25) is 0 Å². The fourth-order valence-electron chi connectivity index (χ4n) is 4.18. The molecule has 0 radical (unpaired) electrons. The van der Waals surface area contributed by atoms with Crippen LogP contribution in [-0.4, -0.2) is 82.2 Å². The number of benzene rings is 1. The van der Waals surface area contributed by atoms with Crippen molar-refractivity contribution in [1.82, 2.24) is 4.90 Å². The Morgan fingerprint density at radius 2 is 2.00 bits per heavy atom.